The number of carbonyl (C=O) groups excluding carboxylic acids is 4. The molecule has 3 aromatic rings. The van der Waals surface area contributed by atoms with Crippen molar-refractivity contribution >= 4 is 29.3 Å². The first-order chi connectivity index (χ1) is 19.4. The molecule has 0 spiro atoms. The number of carbonyl (C=O) groups is 4. The van der Waals surface area contributed by atoms with Crippen LogP contribution in [0.3, 0.4) is 0 Å². The summed E-state index contributed by atoms with van der Waals surface area (Å²) in [5.41, 5.74) is 3.01. The summed E-state index contributed by atoms with van der Waals surface area (Å²) >= 11 is 0. The Kier molecular flexibility index (Phi) is 9.61. The highest BCUT2D eigenvalue weighted by molar-refractivity contribution is 6.04. The Labute approximate surface area is 233 Å². The lowest BCUT2D eigenvalue weighted by atomic mass is 9.94. The van der Waals surface area contributed by atoms with Gasteiger partial charge in [0.05, 0.1) is 19.5 Å². The predicted octanol–water partition coefficient (Wildman–Crippen LogP) is 1.66. The van der Waals surface area contributed by atoms with Crippen molar-refractivity contribution < 1.29 is 19.2 Å². The van der Waals surface area contributed by atoms with Crippen LogP contribution in [0.25, 0.3) is 0 Å². The van der Waals surface area contributed by atoms with Gasteiger partial charge in [-0.05, 0) is 36.0 Å². The van der Waals surface area contributed by atoms with Crippen LogP contribution in [0.15, 0.2) is 60.8 Å². The molecule has 1 aliphatic heterocycles. The summed E-state index contributed by atoms with van der Waals surface area (Å²) in [7, 11) is 0. The molecule has 210 valence electrons. The van der Waals surface area contributed by atoms with Crippen molar-refractivity contribution in [3.8, 4) is 0 Å². The van der Waals surface area contributed by atoms with Gasteiger partial charge >= 0.3 is 0 Å². The van der Waals surface area contributed by atoms with Crippen LogP contribution in [0.5, 0.6) is 0 Å². The molecule has 1 aliphatic rings. The third kappa shape index (κ3) is 7.10. The number of benzene rings is 2. The molecule has 11 nitrogen and oxygen atoms in total. The van der Waals surface area contributed by atoms with Crippen LogP contribution in [0.2, 0.25) is 0 Å². The summed E-state index contributed by atoms with van der Waals surface area (Å²) in [5, 5.41) is 18.5. The Balaban J connectivity index is 1.43. The molecule has 4 amide bonds. The van der Waals surface area contributed by atoms with Crippen LogP contribution in [-0.4, -0.2) is 57.7 Å². The fourth-order valence-corrected chi connectivity index (χ4v) is 4.78. The lowest BCUT2D eigenvalue weighted by molar-refractivity contribution is -0.131. The molecular formula is C29H35N7O4. The zero-order valence-corrected chi connectivity index (χ0v) is 22.7. The molecule has 0 bridgehead atoms. The zero-order chi connectivity index (χ0) is 28.5. The fourth-order valence-electron chi connectivity index (χ4n) is 4.78. The normalized spacial score (nSPS) is 15.8. The third-order valence-corrected chi connectivity index (χ3v) is 7.17. The Bertz CT molecular complexity index is 1310. The van der Waals surface area contributed by atoms with Crippen molar-refractivity contribution in [2.75, 3.05) is 11.4 Å². The number of H-pyrrole nitrogens is 1. The van der Waals surface area contributed by atoms with Crippen molar-refractivity contribution in [3.63, 3.8) is 0 Å². The van der Waals surface area contributed by atoms with Gasteiger partial charge in [0.1, 0.15) is 17.8 Å². The van der Waals surface area contributed by atoms with Gasteiger partial charge in [-0.1, -0.05) is 74.0 Å². The maximum Gasteiger partial charge on any atom is 0.247 e. The number of hydrogen-bond acceptors (Lipinski definition) is 6. The van der Waals surface area contributed by atoms with Gasteiger partial charge < -0.3 is 16.0 Å². The van der Waals surface area contributed by atoms with Gasteiger partial charge in [0.2, 0.25) is 23.6 Å². The molecule has 40 heavy (non-hydrogen) atoms. The van der Waals surface area contributed by atoms with Crippen molar-refractivity contribution in [1.82, 2.24) is 31.4 Å². The van der Waals surface area contributed by atoms with Crippen LogP contribution in [0, 0.1) is 5.92 Å². The van der Waals surface area contributed by atoms with E-state index in [1.807, 2.05) is 62.4 Å². The van der Waals surface area contributed by atoms with Gasteiger partial charge in [0.25, 0.3) is 0 Å². The summed E-state index contributed by atoms with van der Waals surface area (Å²) < 4.78 is 0. The van der Waals surface area contributed by atoms with Crippen molar-refractivity contribution in [2.24, 2.45) is 5.92 Å². The van der Waals surface area contributed by atoms with Crippen molar-refractivity contribution in [2.45, 2.75) is 58.2 Å². The second-order valence-corrected chi connectivity index (χ2v) is 9.94. The van der Waals surface area contributed by atoms with E-state index >= 15 is 0 Å². The number of amides is 4. The molecule has 2 unspecified atom stereocenters. The van der Waals surface area contributed by atoms with E-state index in [-0.39, 0.29) is 37.2 Å². The largest absolute Gasteiger partial charge is 0.349 e. The molecule has 0 saturated heterocycles. The maximum absolute atomic E-state index is 13.6. The number of nitrogens with zero attached hydrogens (tertiary/aromatic N) is 3. The van der Waals surface area contributed by atoms with Gasteiger partial charge in [-0.25, -0.2) is 0 Å². The first kappa shape index (κ1) is 28.5. The van der Waals surface area contributed by atoms with Crippen LogP contribution < -0.4 is 20.9 Å². The topological polar surface area (TPSA) is 149 Å². The zero-order valence-electron chi connectivity index (χ0n) is 22.7. The fraction of sp³-hybridized carbons (Fsp3) is 0.379. The maximum atomic E-state index is 13.6. The quantitative estimate of drug-likeness (QED) is 0.288. The number of anilines is 1. The van der Waals surface area contributed by atoms with Gasteiger partial charge in [-0.2, -0.15) is 0 Å². The number of rotatable bonds is 11. The molecule has 11 heteroatoms. The summed E-state index contributed by atoms with van der Waals surface area (Å²) in [4.78, 5) is 54.1. The number of aryl methyl sites for hydroxylation is 1. The average molecular weight is 546 g/mol. The minimum absolute atomic E-state index is 0.148. The lowest BCUT2D eigenvalue weighted by Crippen LogP contribution is -2.56. The standard InChI is InChI=1S/C29H35N7O4/c1-3-19(2)27(33-25(37)15-20-9-5-4-6-10-20)29(40)31-18-26(38)36-23-12-8-7-11-21(23)13-14-24(36)28(39)30-16-22-17-32-35-34-22/h4-12,17,19,24,27H,3,13-16,18H2,1-2H3,(H,30,39)(H,31,40)(H,33,37)(H,32,34,35)/t19?,24-,27?/m0/s1. The molecule has 2 heterocycles. The summed E-state index contributed by atoms with van der Waals surface area (Å²) in [5.74, 6) is -1.60. The second kappa shape index (κ2) is 13.5. The predicted molar refractivity (Wildman–Crippen MR) is 149 cm³/mol. The molecule has 0 aliphatic carbocycles. The van der Waals surface area contributed by atoms with Crippen LogP contribution in [0.4, 0.5) is 5.69 Å². The lowest BCUT2D eigenvalue weighted by Gasteiger charge is -2.36. The van der Waals surface area contributed by atoms with Gasteiger partial charge in [0, 0.05) is 11.9 Å². The highest BCUT2D eigenvalue weighted by Gasteiger charge is 2.36. The van der Waals surface area contributed by atoms with E-state index in [2.05, 4.69) is 31.4 Å². The minimum atomic E-state index is -0.802. The Hall–Kier alpha value is -4.54. The molecular weight excluding hydrogens is 510 g/mol. The number of aromatic amines is 1. The van der Waals surface area contributed by atoms with E-state index in [0.29, 0.717) is 30.6 Å². The van der Waals surface area contributed by atoms with E-state index in [4.69, 9.17) is 0 Å². The number of hydrogen-bond donors (Lipinski definition) is 4. The molecule has 2 aromatic carbocycles. The number of aromatic nitrogens is 3. The van der Waals surface area contributed by atoms with Crippen LogP contribution >= 0.6 is 0 Å². The van der Waals surface area contributed by atoms with E-state index in [1.54, 1.807) is 12.3 Å². The Morgan fingerprint density at radius 3 is 2.52 bits per heavy atom. The van der Waals surface area contributed by atoms with Gasteiger partial charge in [-0.15, -0.1) is 5.10 Å². The van der Waals surface area contributed by atoms with Gasteiger partial charge in [-0.3, -0.25) is 29.2 Å². The van der Waals surface area contributed by atoms with E-state index in [9.17, 15) is 19.2 Å². The van der Waals surface area contributed by atoms with Crippen molar-refractivity contribution in [1.29, 1.82) is 0 Å². The smallest absolute Gasteiger partial charge is 0.247 e. The average Bonchev–Trinajstić information content (AvgIpc) is 3.50. The molecule has 1 aromatic heterocycles. The van der Waals surface area contributed by atoms with E-state index in [0.717, 1.165) is 11.1 Å². The SMILES string of the molecule is CCC(C)C(NC(=O)Cc1ccccc1)C(=O)NCC(=O)N1c2ccccc2CC[C@H]1C(=O)NCc1c[nH]nn1. The molecule has 4 N–H and O–H groups in total. The molecule has 3 atom stereocenters. The molecule has 4 rings (SSSR count). The molecule has 0 fully saturated rings. The summed E-state index contributed by atoms with van der Waals surface area (Å²) in [6, 6.07) is 15.2. The highest BCUT2D eigenvalue weighted by atomic mass is 16.2. The summed E-state index contributed by atoms with van der Waals surface area (Å²) in [6.45, 7) is 3.67. The minimum Gasteiger partial charge on any atom is -0.349 e. The Morgan fingerprint density at radius 2 is 1.80 bits per heavy atom. The number of para-hydroxylation sites is 1. The van der Waals surface area contributed by atoms with Crippen LogP contribution in [-0.2, 0) is 38.6 Å². The van der Waals surface area contributed by atoms with E-state index < -0.39 is 23.9 Å². The summed E-state index contributed by atoms with van der Waals surface area (Å²) in [6.07, 6.45) is 3.46. The number of fused-ring (bicyclic) bond motifs is 1. The van der Waals surface area contributed by atoms with Crippen LogP contribution in [0.1, 0.15) is 43.5 Å². The van der Waals surface area contributed by atoms with Crippen molar-refractivity contribution in [3.05, 3.63) is 77.6 Å². The monoisotopic (exact) mass is 545 g/mol. The van der Waals surface area contributed by atoms with E-state index in [1.165, 1.54) is 4.90 Å². The molecule has 0 radical (unpaired) electrons. The Morgan fingerprint density at radius 1 is 1.05 bits per heavy atom. The third-order valence-electron chi connectivity index (χ3n) is 7.17. The highest BCUT2D eigenvalue weighted by Crippen LogP contribution is 2.31. The first-order valence-electron chi connectivity index (χ1n) is 13.5. The second-order valence-electron chi connectivity index (χ2n) is 9.94. The number of nitrogens with one attached hydrogen (secondary N) is 4. The molecule has 0 saturated carbocycles. The van der Waals surface area contributed by atoms with Gasteiger partial charge in [0.15, 0.2) is 0 Å². The first-order valence-corrected chi connectivity index (χ1v) is 13.5.